The van der Waals surface area contributed by atoms with E-state index in [9.17, 15) is 0 Å². The molecule has 2 aliphatic rings. The number of nitrogens with zero attached hydrogens (tertiary/aromatic N) is 3. The largest absolute Gasteiger partial charge is 0.375 e. The van der Waals surface area contributed by atoms with Crippen LogP contribution in [0.4, 0.5) is 0 Å². The van der Waals surface area contributed by atoms with Crippen molar-refractivity contribution in [3.05, 3.63) is 36.2 Å². The molecule has 1 aliphatic carbocycles. The minimum absolute atomic E-state index is 0.392. The molecule has 2 fully saturated rings. The standard InChI is InChI=1S/C17H21N3O2/c1-2-6-13(7-3-1)17-18-16(19-22-17)12-20-10-11-21-15-9-5-4-8-14(15)20/h1-3,6-7,14-15H,4-5,8-12H2/t14-,15-/m1/s1. The summed E-state index contributed by atoms with van der Waals surface area (Å²) >= 11 is 0. The van der Waals surface area contributed by atoms with Crippen LogP contribution in [0.25, 0.3) is 11.5 Å². The Bertz CT molecular complexity index is 611. The van der Waals surface area contributed by atoms with Gasteiger partial charge in [0.25, 0.3) is 5.89 Å². The molecule has 2 heterocycles. The zero-order valence-electron chi connectivity index (χ0n) is 12.6. The van der Waals surface area contributed by atoms with Crippen molar-refractivity contribution in [2.45, 2.75) is 44.4 Å². The lowest BCUT2D eigenvalue weighted by Gasteiger charge is -2.43. The van der Waals surface area contributed by atoms with Gasteiger partial charge in [-0.2, -0.15) is 4.98 Å². The summed E-state index contributed by atoms with van der Waals surface area (Å²) in [6, 6.07) is 10.4. The number of ether oxygens (including phenoxy) is 1. The van der Waals surface area contributed by atoms with Gasteiger partial charge in [0.2, 0.25) is 0 Å². The maximum Gasteiger partial charge on any atom is 0.257 e. The molecular weight excluding hydrogens is 278 g/mol. The molecule has 5 heteroatoms. The van der Waals surface area contributed by atoms with E-state index >= 15 is 0 Å². The summed E-state index contributed by atoms with van der Waals surface area (Å²) in [5.74, 6) is 1.37. The van der Waals surface area contributed by atoms with Gasteiger partial charge in [0.15, 0.2) is 5.82 Å². The SMILES string of the molecule is c1ccc(-c2nc(CN3CCO[C@@H]4CCCC[C@H]43)no2)cc1. The topological polar surface area (TPSA) is 51.4 Å². The van der Waals surface area contributed by atoms with Crippen LogP contribution in [0.15, 0.2) is 34.9 Å². The van der Waals surface area contributed by atoms with Gasteiger partial charge in [-0.1, -0.05) is 36.2 Å². The predicted octanol–water partition coefficient (Wildman–Crippen LogP) is 2.88. The Kier molecular flexibility index (Phi) is 3.91. The van der Waals surface area contributed by atoms with Crippen LogP contribution in [-0.4, -0.2) is 40.3 Å². The quantitative estimate of drug-likeness (QED) is 0.872. The number of fused-ring (bicyclic) bond motifs is 1. The molecule has 5 nitrogen and oxygen atoms in total. The Morgan fingerprint density at radius 2 is 2.00 bits per heavy atom. The first-order chi connectivity index (χ1) is 10.9. The van der Waals surface area contributed by atoms with Crippen molar-refractivity contribution in [3.8, 4) is 11.5 Å². The van der Waals surface area contributed by atoms with Gasteiger partial charge >= 0.3 is 0 Å². The molecule has 1 aromatic carbocycles. The molecule has 0 unspecified atom stereocenters. The summed E-state index contributed by atoms with van der Waals surface area (Å²) in [7, 11) is 0. The monoisotopic (exact) mass is 299 g/mol. The van der Waals surface area contributed by atoms with Crippen molar-refractivity contribution >= 4 is 0 Å². The number of hydrogen-bond donors (Lipinski definition) is 0. The summed E-state index contributed by atoms with van der Waals surface area (Å²) in [6.45, 7) is 2.52. The van der Waals surface area contributed by atoms with Crippen molar-refractivity contribution in [2.75, 3.05) is 13.2 Å². The average molecular weight is 299 g/mol. The second kappa shape index (κ2) is 6.18. The van der Waals surface area contributed by atoms with Gasteiger partial charge in [-0.25, -0.2) is 0 Å². The number of morpholine rings is 1. The Labute approximate surface area is 130 Å². The molecule has 0 bridgehead atoms. The van der Waals surface area contributed by atoms with Crippen molar-refractivity contribution in [1.82, 2.24) is 15.0 Å². The smallest absolute Gasteiger partial charge is 0.257 e. The van der Waals surface area contributed by atoms with Crippen molar-refractivity contribution in [3.63, 3.8) is 0 Å². The van der Waals surface area contributed by atoms with Crippen molar-refractivity contribution in [1.29, 1.82) is 0 Å². The first-order valence-electron chi connectivity index (χ1n) is 8.14. The molecule has 1 saturated heterocycles. The maximum atomic E-state index is 5.92. The molecule has 1 aliphatic heterocycles. The van der Waals surface area contributed by atoms with E-state index in [2.05, 4.69) is 15.0 Å². The minimum Gasteiger partial charge on any atom is -0.375 e. The third kappa shape index (κ3) is 2.78. The molecule has 0 spiro atoms. The zero-order chi connectivity index (χ0) is 14.8. The average Bonchev–Trinajstić information content (AvgIpc) is 3.05. The Hall–Kier alpha value is -1.72. The molecule has 1 saturated carbocycles. The van der Waals surface area contributed by atoms with Crippen LogP contribution in [0, 0.1) is 0 Å². The lowest BCUT2D eigenvalue weighted by atomic mass is 9.90. The van der Waals surface area contributed by atoms with E-state index in [1.54, 1.807) is 0 Å². The van der Waals surface area contributed by atoms with E-state index in [-0.39, 0.29) is 0 Å². The second-order valence-electron chi connectivity index (χ2n) is 6.11. The van der Waals surface area contributed by atoms with E-state index in [1.165, 1.54) is 25.7 Å². The maximum absolute atomic E-state index is 5.92. The minimum atomic E-state index is 0.392. The van der Waals surface area contributed by atoms with Crippen LogP contribution in [-0.2, 0) is 11.3 Å². The number of hydrogen-bond acceptors (Lipinski definition) is 5. The molecular formula is C17H21N3O2. The fourth-order valence-corrected chi connectivity index (χ4v) is 3.57. The lowest BCUT2D eigenvalue weighted by molar-refractivity contribution is -0.0919. The Morgan fingerprint density at radius 1 is 1.14 bits per heavy atom. The first kappa shape index (κ1) is 13.9. The fraction of sp³-hybridized carbons (Fsp3) is 0.529. The Balaban J connectivity index is 1.48. The van der Waals surface area contributed by atoms with Gasteiger partial charge in [0.05, 0.1) is 19.3 Å². The third-order valence-corrected chi connectivity index (χ3v) is 4.68. The summed E-state index contributed by atoms with van der Waals surface area (Å²) in [5, 5.41) is 4.16. The number of benzene rings is 1. The predicted molar refractivity (Wildman–Crippen MR) is 82.1 cm³/mol. The lowest BCUT2D eigenvalue weighted by Crippen LogP contribution is -2.52. The van der Waals surface area contributed by atoms with Crippen molar-refractivity contribution < 1.29 is 9.26 Å². The molecule has 22 heavy (non-hydrogen) atoms. The highest BCUT2D eigenvalue weighted by molar-refractivity contribution is 5.51. The second-order valence-corrected chi connectivity index (χ2v) is 6.11. The van der Waals surface area contributed by atoms with Crippen LogP contribution >= 0.6 is 0 Å². The molecule has 2 atom stereocenters. The van der Waals surface area contributed by atoms with E-state index in [0.717, 1.165) is 31.1 Å². The van der Waals surface area contributed by atoms with E-state index in [4.69, 9.17) is 9.26 Å². The highest BCUT2D eigenvalue weighted by Gasteiger charge is 2.34. The summed E-state index contributed by atoms with van der Waals surface area (Å²) in [4.78, 5) is 7.02. The van der Waals surface area contributed by atoms with Crippen molar-refractivity contribution in [2.24, 2.45) is 0 Å². The third-order valence-electron chi connectivity index (χ3n) is 4.68. The summed E-state index contributed by atoms with van der Waals surface area (Å²) in [5.41, 5.74) is 0.971. The Morgan fingerprint density at radius 3 is 2.91 bits per heavy atom. The van der Waals surface area contributed by atoms with Gasteiger partial charge in [0, 0.05) is 18.2 Å². The molecule has 0 N–H and O–H groups in total. The first-order valence-corrected chi connectivity index (χ1v) is 8.14. The van der Waals surface area contributed by atoms with Crippen LogP contribution in [0.3, 0.4) is 0 Å². The van der Waals surface area contributed by atoms with E-state index in [1.807, 2.05) is 30.3 Å². The van der Waals surface area contributed by atoms with Gasteiger partial charge in [-0.05, 0) is 25.0 Å². The molecule has 2 aromatic rings. The highest BCUT2D eigenvalue weighted by Crippen LogP contribution is 2.29. The van der Waals surface area contributed by atoms with Crippen LogP contribution < -0.4 is 0 Å². The molecule has 0 amide bonds. The van der Waals surface area contributed by atoms with Crippen LogP contribution in [0.1, 0.15) is 31.5 Å². The highest BCUT2D eigenvalue weighted by atomic mass is 16.5. The van der Waals surface area contributed by atoms with Gasteiger partial charge < -0.3 is 9.26 Å². The molecule has 0 radical (unpaired) electrons. The number of aromatic nitrogens is 2. The normalized spacial score (nSPS) is 25.8. The molecule has 1 aromatic heterocycles. The fourth-order valence-electron chi connectivity index (χ4n) is 3.57. The van der Waals surface area contributed by atoms with Crippen LogP contribution in [0.2, 0.25) is 0 Å². The van der Waals surface area contributed by atoms with E-state index in [0.29, 0.717) is 18.0 Å². The zero-order valence-corrected chi connectivity index (χ0v) is 12.6. The van der Waals surface area contributed by atoms with Gasteiger partial charge in [-0.3, -0.25) is 4.90 Å². The van der Waals surface area contributed by atoms with Gasteiger partial charge in [-0.15, -0.1) is 0 Å². The van der Waals surface area contributed by atoms with Crippen LogP contribution in [0.5, 0.6) is 0 Å². The molecule has 4 rings (SSSR count). The number of rotatable bonds is 3. The summed E-state index contributed by atoms with van der Waals surface area (Å²) in [6.07, 6.45) is 5.37. The van der Waals surface area contributed by atoms with E-state index < -0.39 is 0 Å². The molecule has 116 valence electrons. The summed E-state index contributed by atoms with van der Waals surface area (Å²) < 4.78 is 11.3. The van der Waals surface area contributed by atoms with Gasteiger partial charge in [0.1, 0.15) is 0 Å².